The van der Waals surface area contributed by atoms with E-state index in [1.807, 2.05) is 0 Å². The lowest BCUT2D eigenvalue weighted by Crippen LogP contribution is -2.43. The fourth-order valence-electron chi connectivity index (χ4n) is 3.93. The molecule has 0 amide bonds. The van der Waals surface area contributed by atoms with Crippen LogP contribution in [0.1, 0.15) is 42.9 Å². The van der Waals surface area contributed by atoms with Crippen LogP contribution in [-0.4, -0.2) is 47.1 Å². The van der Waals surface area contributed by atoms with E-state index in [1.54, 1.807) is 6.07 Å². The van der Waals surface area contributed by atoms with E-state index in [9.17, 15) is 22.0 Å². The van der Waals surface area contributed by atoms with E-state index in [0.29, 0.717) is 18.7 Å². The van der Waals surface area contributed by atoms with Crippen molar-refractivity contribution >= 4 is 17.6 Å². The predicted molar refractivity (Wildman–Crippen MR) is 106 cm³/mol. The molecular formula is C20H23F5N6. The van der Waals surface area contributed by atoms with Gasteiger partial charge in [-0.05, 0) is 44.5 Å². The lowest BCUT2D eigenvalue weighted by atomic mass is 9.94. The molecule has 0 aromatic carbocycles. The van der Waals surface area contributed by atoms with Gasteiger partial charge in [0.25, 0.3) is 5.92 Å². The molecule has 0 aliphatic carbocycles. The van der Waals surface area contributed by atoms with Crippen molar-refractivity contribution in [2.75, 3.05) is 36.4 Å². The van der Waals surface area contributed by atoms with Gasteiger partial charge in [0.1, 0.15) is 11.6 Å². The molecule has 0 atom stereocenters. The lowest BCUT2D eigenvalue weighted by molar-refractivity contribution is -0.137. The van der Waals surface area contributed by atoms with Gasteiger partial charge in [0.05, 0.1) is 17.8 Å². The average Bonchev–Trinajstić information content (AvgIpc) is 2.73. The van der Waals surface area contributed by atoms with Crippen LogP contribution in [0.5, 0.6) is 0 Å². The number of hydrogen-bond acceptors (Lipinski definition) is 6. The highest BCUT2D eigenvalue weighted by atomic mass is 19.4. The highest BCUT2D eigenvalue weighted by molar-refractivity contribution is 5.55. The summed E-state index contributed by atoms with van der Waals surface area (Å²) in [5, 5.41) is 6.07. The Hall–Kier alpha value is -2.56. The molecule has 11 heteroatoms. The van der Waals surface area contributed by atoms with Gasteiger partial charge in [0.2, 0.25) is 5.95 Å². The fraction of sp³-hybridized carbons (Fsp3) is 0.550. The molecule has 2 aromatic heterocycles. The Bertz CT molecular complexity index is 913. The zero-order valence-corrected chi connectivity index (χ0v) is 16.7. The van der Waals surface area contributed by atoms with Gasteiger partial charge in [-0.1, -0.05) is 0 Å². The number of halogens is 5. The molecule has 2 saturated heterocycles. The average molecular weight is 442 g/mol. The van der Waals surface area contributed by atoms with Crippen LogP contribution < -0.4 is 15.5 Å². The second kappa shape index (κ2) is 8.52. The summed E-state index contributed by atoms with van der Waals surface area (Å²) < 4.78 is 67.0. The van der Waals surface area contributed by atoms with E-state index in [4.69, 9.17) is 0 Å². The first-order chi connectivity index (χ1) is 14.7. The van der Waals surface area contributed by atoms with Crippen molar-refractivity contribution in [3.8, 4) is 0 Å². The normalized spacial score (nSPS) is 20.0. The largest absolute Gasteiger partial charge is 0.416 e. The SMILES string of the molecule is FC1(F)CCCN(c2nc(Nc3cc(C(F)(F)F)ccn3)cc(C3CCNCC3)n2)C1. The first kappa shape index (κ1) is 21.7. The van der Waals surface area contributed by atoms with Crippen molar-refractivity contribution in [3.05, 3.63) is 35.7 Å². The number of hydrogen-bond donors (Lipinski definition) is 2. The van der Waals surface area contributed by atoms with Gasteiger partial charge < -0.3 is 15.5 Å². The minimum absolute atomic E-state index is 0.0280. The molecule has 2 aliphatic heterocycles. The molecular weight excluding hydrogens is 419 g/mol. The first-order valence-corrected chi connectivity index (χ1v) is 10.2. The Morgan fingerprint density at radius 2 is 1.87 bits per heavy atom. The van der Waals surface area contributed by atoms with E-state index in [0.717, 1.165) is 44.3 Å². The Labute approximate surface area is 176 Å². The number of piperidine rings is 2. The van der Waals surface area contributed by atoms with Crippen LogP contribution in [0, 0.1) is 0 Å². The maximum absolute atomic E-state index is 14.0. The Morgan fingerprint density at radius 1 is 1.10 bits per heavy atom. The standard InChI is InChI=1S/C20H23F5N6/c21-19(22)5-1-9-31(12-19)18-28-15(13-2-6-26-7-3-13)11-17(30-18)29-16-10-14(4-8-27-16)20(23,24)25/h4,8,10-11,13,26H,1-3,5-7,9,12H2,(H,27,28,29,30). The zero-order chi connectivity index (χ0) is 22.1. The summed E-state index contributed by atoms with van der Waals surface area (Å²) in [5.41, 5.74) is -0.150. The smallest absolute Gasteiger partial charge is 0.335 e. The molecule has 4 rings (SSSR count). The molecule has 4 heterocycles. The third-order valence-corrected chi connectivity index (χ3v) is 5.51. The summed E-state index contributed by atoms with van der Waals surface area (Å²) in [7, 11) is 0. The van der Waals surface area contributed by atoms with Crippen molar-refractivity contribution < 1.29 is 22.0 Å². The Morgan fingerprint density at radius 3 is 2.58 bits per heavy atom. The van der Waals surface area contributed by atoms with Crippen LogP contribution in [0.2, 0.25) is 0 Å². The van der Waals surface area contributed by atoms with Crippen LogP contribution in [-0.2, 0) is 6.18 Å². The molecule has 2 aliphatic rings. The van der Waals surface area contributed by atoms with Crippen LogP contribution in [0.25, 0.3) is 0 Å². The monoisotopic (exact) mass is 442 g/mol. The molecule has 6 nitrogen and oxygen atoms in total. The topological polar surface area (TPSA) is 66.0 Å². The van der Waals surface area contributed by atoms with Crippen LogP contribution in [0.4, 0.5) is 39.5 Å². The number of alkyl halides is 5. The molecule has 0 radical (unpaired) electrons. The molecule has 0 saturated carbocycles. The summed E-state index contributed by atoms with van der Waals surface area (Å²) in [6, 6.07) is 3.44. The molecule has 31 heavy (non-hydrogen) atoms. The first-order valence-electron chi connectivity index (χ1n) is 10.2. The summed E-state index contributed by atoms with van der Waals surface area (Å²) in [6.45, 7) is 1.53. The van der Waals surface area contributed by atoms with Gasteiger partial charge in [-0.2, -0.15) is 18.2 Å². The molecule has 0 spiro atoms. The maximum Gasteiger partial charge on any atom is 0.416 e. The van der Waals surface area contributed by atoms with Gasteiger partial charge in [0, 0.05) is 31.1 Å². The number of nitrogens with zero attached hydrogens (tertiary/aromatic N) is 4. The molecule has 0 bridgehead atoms. The number of pyridine rings is 1. The van der Waals surface area contributed by atoms with Gasteiger partial charge in [-0.15, -0.1) is 0 Å². The maximum atomic E-state index is 14.0. The third kappa shape index (κ3) is 5.38. The van der Waals surface area contributed by atoms with Crippen molar-refractivity contribution in [2.24, 2.45) is 0 Å². The number of anilines is 3. The second-order valence-corrected chi connectivity index (χ2v) is 7.94. The van der Waals surface area contributed by atoms with E-state index in [2.05, 4.69) is 25.6 Å². The summed E-state index contributed by atoms with van der Waals surface area (Å²) >= 11 is 0. The number of aromatic nitrogens is 3. The van der Waals surface area contributed by atoms with Crippen molar-refractivity contribution in [3.63, 3.8) is 0 Å². The van der Waals surface area contributed by atoms with Gasteiger partial charge in [-0.3, -0.25) is 0 Å². The fourth-order valence-corrected chi connectivity index (χ4v) is 3.93. The highest BCUT2D eigenvalue weighted by Crippen LogP contribution is 2.33. The summed E-state index contributed by atoms with van der Waals surface area (Å²) in [4.78, 5) is 14.3. The van der Waals surface area contributed by atoms with E-state index in [-0.39, 0.29) is 29.9 Å². The summed E-state index contributed by atoms with van der Waals surface area (Å²) in [6.07, 6.45) is -1.66. The van der Waals surface area contributed by atoms with E-state index in [1.165, 1.54) is 4.90 Å². The van der Waals surface area contributed by atoms with Crippen LogP contribution >= 0.6 is 0 Å². The number of nitrogens with one attached hydrogen (secondary N) is 2. The predicted octanol–water partition coefficient (Wildman–Crippen LogP) is 4.34. The quantitative estimate of drug-likeness (QED) is 0.687. The molecule has 2 fully saturated rings. The van der Waals surface area contributed by atoms with E-state index >= 15 is 0 Å². The molecule has 168 valence electrons. The van der Waals surface area contributed by atoms with Gasteiger partial charge in [0.15, 0.2) is 0 Å². The summed E-state index contributed by atoms with van der Waals surface area (Å²) in [5.74, 6) is -2.35. The van der Waals surface area contributed by atoms with Crippen LogP contribution in [0.3, 0.4) is 0 Å². The van der Waals surface area contributed by atoms with Gasteiger partial charge >= 0.3 is 6.18 Å². The Kier molecular flexibility index (Phi) is 5.96. The van der Waals surface area contributed by atoms with Crippen molar-refractivity contribution in [1.29, 1.82) is 0 Å². The third-order valence-electron chi connectivity index (χ3n) is 5.51. The lowest BCUT2D eigenvalue weighted by Gasteiger charge is -2.33. The zero-order valence-electron chi connectivity index (χ0n) is 16.7. The van der Waals surface area contributed by atoms with Crippen molar-refractivity contribution in [2.45, 2.75) is 43.7 Å². The Balaban J connectivity index is 1.66. The van der Waals surface area contributed by atoms with E-state index < -0.39 is 24.2 Å². The number of rotatable bonds is 4. The van der Waals surface area contributed by atoms with Gasteiger partial charge in [-0.25, -0.2) is 18.7 Å². The van der Waals surface area contributed by atoms with Crippen molar-refractivity contribution in [1.82, 2.24) is 20.3 Å². The van der Waals surface area contributed by atoms with Crippen LogP contribution in [0.15, 0.2) is 24.4 Å². The molecule has 2 aromatic rings. The minimum Gasteiger partial charge on any atom is -0.335 e. The molecule has 0 unspecified atom stereocenters. The molecule has 2 N–H and O–H groups in total. The highest BCUT2D eigenvalue weighted by Gasteiger charge is 2.36. The second-order valence-electron chi connectivity index (χ2n) is 7.94. The minimum atomic E-state index is -4.50.